The minimum atomic E-state index is 0.00916. The van der Waals surface area contributed by atoms with E-state index in [-0.39, 0.29) is 5.91 Å². The lowest BCUT2D eigenvalue weighted by Crippen LogP contribution is -2.31. The van der Waals surface area contributed by atoms with Crippen LogP contribution in [0.25, 0.3) is 0 Å². The molecular weight excluding hydrogens is 236 g/mol. The van der Waals surface area contributed by atoms with Gasteiger partial charge in [0.15, 0.2) is 0 Å². The lowest BCUT2D eigenvalue weighted by Gasteiger charge is -2.16. The fraction of sp³-hybridized carbons (Fsp3) is 0.125. The summed E-state index contributed by atoms with van der Waals surface area (Å²) in [6, 6.07) is 9.48. The fourth-order valence-corrected chi connectivity index (χ4v) is 2.09. The number of amides is 1. The van der Waals surface area contributed by atoms with Gasteiger partial charge in [0.1, 0.15) is 0 Å². The topological polar surface area (TPSA) is 42.0 Å². The van der Waals surface area contributed by atoms with Crippen molar-refractivity contribution in [3.05, 3.63) is 65.0 Å². The van der Waals surface area contributed by atoms with E-state index in [0.717, 1.165) is 28.7 Å². The Labute approximate surface area is 111 Å². The summed E-state index contributed by atoms with van der Waals surface area (Å²) in [5.74, 6) is 6.21. The fourth-order valence-electron chi connectivity index (χ4n) is 2.09. The number of nitrogens with zero attached hydrogens (tertiary/aromatic N) is 1. The molecule has 0 bridgehead atoms. The second-order valence-electron chi connectivity index (χ2n) is 4.36. The molecule has 19 heavy (non-hydrogen) atoms. The first kappa shape index (κ1) is 11.5. The maximum Gasteiger partial charge on any atom is 0.251 e. The molecule has 1 aliphatic heterocycles. The highest BCUT2D eigenvalue weighted by atomic mass is 16.1. The quantitative estimate of drug-likeness (QED) is 0.722. The van der Waals surface area contributed by atoms with Gasteiger partial charge in [-0.25, -0.2) is 0 Å². The molecule has 2 aromatic rings. The van der Waals surface area contributed by atoms with E-state index in [2.05, 4.69) is 22.1 Å². The monoisotopic (exact) mass is 248 g/mol. The Hall–Kier alpha value is -2.60. The van der Waals surface area contributed by atoms with Crippen LogP contribution in [0.4, 0.5) is 0 Å². The molecule has 0 aliphatic carbocycles. The minimum absolute atomic E-state index is 0.00916. The molecule has 0 atom stereocenters. The molecule has 1 aromatic heterocycles. The first-order valence-corrected chi connectivity index (χ1v) is 6.16. The Balaban J connectivity index is 1.91. The van der Waals surface area contributed by atoms with Gasteiger partial charge in [0.05, 0.1) is 0 Å². The van der Waals surface area contributed by atoms with Crippen molar-refractivity contribution in [3.8, 4) is 11.8 Å². The number of nitrogens with one attached hydrogen (secondary N) is 1. The van der Waals surface area contributed by atoms with Gasteiger partial charge in [-0.3, -0.25) is 9.78 Å². The third-order valence-corrected chi connectivity index (χ3v) is 3.06. The van der Waals surface area contributed by atoms with Crippen LogP contribution < -0.4 is 5.32 Å². The maximum atomic E-state index is 11.6. The lowest BCUT2D eigenvalue weighted by atomic mass is 9.98. The van der Waals surface area contributed by atoms with Crippen molar-refractivity contribution >= 4 is 5.91 Å². The van der Waals surface area contributed by atoms with Crippen molar-refractivity contribution in [1.82, 2.24) is 10.3 Å². The van der Waals surface area contributed by atoms with Crippen molar-refractivity contribution in [2.45, 2.75) is 6.42 Å². The number of hydrogen-bond acceptors (Lipinski definition) is 2. The summed E-state index contributed by atoms with van der Waals surface area (Å²) in [5, 5.41) is 2.83. The molecule has 3 rings (SSSR count). The number of hydrogen-bond donors (Lipinski definition) is 1. The molecule has 2 heterocycles. The predicted molar refractivity (Wildman–Crippen MR) is 72.7 cm³/mol. The lowest BCUT2D eigenvalue weighted by molar-refractivity contribution is 0.0946. The summed E-state index contributed by atoms with van der Waals surface area (Å²) in [6.45, 7) is 0.701. The largest absolute Gasteiger partial charge is 0.352 e. The van der Waals surface area contributed by atoms with Crippen molar-refractivity contribution in [1.29, 1.82) is 0 Å². The van der Waals surface area contributed by atoms with Crippen LogP contribution in [0.2, 0.25) is 0 Å². The predicted octanol–water partition coefficient (Wildman–Crippen LogP) is 1.77. The van der Waals surface area contributed by atoms with Gasteiger partial charge < -0.3 is 5.32 Å². The van der Waals surface area contributed by atoms with Crippen LogP contribution in [-0.4, -0.2) is 17.4 Å². The molecule has 1 aliphatic rings. The van der Waals surface area contributed by atoms with Crippen molar-refractivity contribution in [2.24, 2.45) is 0 Å². The number of pyridine rings is 1. The van der Waals surface area contributed by atoms with Gasteiger partial charge in [0, 0.05) is 35.6 Å². The smallest absolute Gasteiger partial charge is 0.251 e. The highest BCUT2D eigenvalue weighted by Crippen LogP contribution is 2.15. The number of fused-ring (bicyclic) bond motifs is 1. The number of carbonyl (C=O) groups is 1. The van der Waals surface area contributed by atoms with E-state index in [0.29, 0.717) is 6.54 Å². The van der Waals surface area contributed by atoms with E-state index in [1.54, 1.807) is 12.4 Å². The summed E-state index contributed by atoms with van der Waals surface area (Å²) >= 11 is 0. The molecule has 3 nitrogen and oxygen atoms in total. The highest BCUT2D eigenvalue weighted by Gasteiger charge is 2.15. The average Bonchev–Trinajstić information content (AvgIpc) is 2.46. The molecule has 0 radical (unpaired) electrons. The zero-order valence-corrected chi connectivity index (χ0v) is 10.3. The molecule has 0 saturated heterocycles. The van der Waals surface area contributed by atoms with Gasteiger partial charge in [-0.15, -0.1) is 0 Å². The normalized spacial score (nSPS) is 12.9. The van der Waals surface area contributed by atoms with Gasteiger partial charge >= 0.3 is 0 Å². The Kier molecular flexibility index (Phi) is 2.99. The second-order valence-corrected chi connectivity index (χ2v) is 4.36. The van der Waals surface area contributed by atoms with Crippen LogP contribution >= 0.6 is 0 Å². The molecule has 1 N–H and O–H groups in total. The molecule has 0 unspecified atom stereocenters. The van der Waals surface area contributed by atoms with E-state index in [9.17, 15) is 4.79 Å². The van der Waals surface area contributed by atoms with Crippen LogP contribution in [0.1, 0.15) is 27.0 Å². The van der Waals surface area contributed by atoms with E-state index in [1.807, 2.05) is 30.3 Å². The number of carbonyl (C=O) groups excluding carboxylic acids is 1. The maximum absolute atomic E-state index is 11.6. The number of rotatable bonds is 0. The first-order chi connectivity index (χ1) is 9.33. The van der Waals surface area contributed by atoms with E-state index >= 15 is 0 Å². The summed E-state index contributed by atoms with van der Waals surface area (Å²) in [4.78, 5) is 15.6. The zero-order valence-electron chi connectivity index (χ0n) is 10.3. The standard InChI is InChI=1S/C16H12N2O/c19-16-15-4-3-13(11-14(15)7-10-18-16)2-1-12-5-8-17-9-6-12/h3-6,8-9,11H,7,10H2,(H,18,19). The molecule has 0 fully saturated rings. The van der Waals surface area contributed by atoms with Gasteiger partial charge in [-0.1, -0.05) is 11.8 Å². The third kappa shape index (κ3) is 2.48. The van der Waals surface area contributed by atoms with Crippen LogP contribution in [-0.2, 0) is 6.42 Å². The third-order valence-electron chi connectivity index (χ3n) is 3.06. The van der Waals surface area contributed by atoms with Crippen LogP contribution in [0.15, 0.2) is 42.7 Å². The van der Waals surface area contributed by atoms with Crippen LogP contribution in [0, 0.1) is 11.8 Å². The van der Waals surface area contributed by atoms with Gasteiger partial charge in [-0.05, 0) is 42.3 Å². The Bertz CT molecular complexity index is 681. The Morgan fingerprint density at radius 3 is 2.68 bits per heavy atom. The zero-order chi connectivity index (χ0) is 13.1. The van der Waals surface area contributed by atoms with E-state index in [4.69, 9.17) is 0 Å². The SMILES string of the molecule is O=C1NCCc2cc(C#Cc3ccncc3)ccc21. The van der Waals surface area contributed by atoms with Gasteiger partial charge in [0.25, 0.3) is 5.91 Å². The highest BCUT2D eigenvalue weighted by molar-refractivity contribution is 5.96. The van der Waals surface area contributed by atoms with Crippen molar-refractivity contribution in [3.63, 3.8) is 0 Å². The average molecular weight is 248 g/mol. The first-order valence-electron chi connectivity index (χ1n) is 6.16. The van der Waals surface area contributed by atoms with Crippen LogP contribution in [0.3, 0.4) is 0 Å². The summed E-state index contributed by atoms with van der Waals surface area (Å²) in [5.41, 5.74) is 3.71. The molecule has 0 saturated carbocycles. The summed E-state index contributed by atoms with van der Waals surface area (Å²) in [6.07, 6.45) is 4.31. The molecule has 3 heteroatoms. The second kappa shape index (κ2) is 4.95. The molecule has 92 valence electrons. The van der Waals surface area contributed by atoms with Crippen molar-refractivity contribution in [2.75, 3.05) is 6.54 Å². The van der Waals surface area contributed by atoms with Gasteiger partial charge in [-0.2, -0.15) is 0 Å². The number of aromatic nitrogens is 1. The van der Waals surface area contributed by atoms with Crippen LogP contribution in [0.5, 0.6) is 0 Å². The van der Waals surface area contributed by atoms with E-state index in [1.165, 1.54) is 0 Å². The Morgan fingerprint density at radius 1 is 1.05 bits per heavy atom. The number of benzene rings is 1. The van der Waals surface area contributed by atoms with Gasteiger partial charge in [0.2, 0.25) is 0 Å². The molecule has 0 spiro atoms. The minimum Gasteiger partial charge on any atom is -0.352 e. The molecule has 1 aromatic carbocycles. The summed E-state index contributed by atoms with van der Waals surface area (Å²) in [7, 11) is 0. The molecule has 1 amide bonds. The summed E-state index contributed by atoms with van der Waals surface area (Å²) < 4.78 is 0. The van der Waals surface area contributed by atoms with E-state index < -0.39 is 0 Å². The molecular formula is C16H12N2O. The van der Waals surface area contributed by atoms with Crippen molar-refractivity contribution < 1.29 is 4.79 Å². The Morgan fingerprint density at radius 2 is 1.84 bits per heavy atom.